The summed E-state index contributed by atoms with van der Waals surface area (Å²) < 4.78 is 0. The lowest BCUT2D eigenvalue weighted by molar-refractivity contribution is -0.132. The Morgan fingerprint density at radius 2 is 2.15 bits per heavy atom. The van der Waals surface area contributed by atoms with Crippen LogP contribution in [0.4, 0.5) is 0 Å². The SMILES string of the molecule is C=CCN(CC)C(=O)[C@H](N)C(C)C. The van der Waals surface area contributed by atoms with Crippen LogP contribution < -0.4 is 5.73 Å². The van der Waals surface area contributed by atoms with E-state index < -0.39 is 0 Å². The highest BCUT2D eigenvalue weighted by molar-refractivity contribution is 5.82. The normalized spacial score (nSPS) is 12.7. The first-order chi connectivity index (χ1) is 6.04. The molecule has 0 aliphatic carbocycles. The van der Waals surface area contributed by atoms with Crippen LogP contribution in [0, 0.1) is 5.92 Å². The first-order valence-corrected chi connectivity index (χ1v) is 4.69. The van der Waals surface area contributed by atoms with Crippen molar-refractivity contribution in [2.24, 2.45) is 11.7 Å². The van der Waals surface area contributed by atoms with Crippen LogP contribution in [0.2, 0.25) is 0 Å². The third-order valence-corrected chi connectivity index (χ3v) is 2.05. The molecule has 2 N–H and O–H groups in total. The largest absolute Gasteiger partial charge is 0.338 e. The summed E-state index contributed by atoms with van der Waals surface area (Å²) >= 11 is 0. The molecule has 0 spiro atoms. The molecule has 13 heavy (non-hydrogen) atoms. The van der Waals surface area contributed by atoms with Gasteiger partial charge >= 0.3 is 0 Å². The Balaban J connectivity index is 4.27. The van der Waals surface area contributed by atoms with E-state index in [1.54, 1.807) is 11.0 Å². The topological polar surface area (TPSA) is 46.3 Å². The highest BCUT2D eigenvalue weighted by Crippen LogP contribution is 2.03. The molecule has 0 aromatic carbocycles. The van der Waals surface area contributed by atoms with Gasteiger partial charge in [-0.05, 0) is 12.8 Å². The van der Waals surface area contributed by atoms with Crippen LogP contribution in [-0.2, 0) is 4.79 Å². The van der Waals surface area contributed by atoms with Crippen molar-refractivity contribution in [3.63, 3.8) is 0 Å². The Morgan fingerprint density at radius 3 is 2.46 bits per heavy atom. The molecule has 0 heterocycles. The van der Waals surface area contributed by atoms with E-state index in [0.717, 1.165) is 0 Å². The second kappa shape index (κ2) is 5.75. The number of carbonyl (C=O) groups is 1. The molecule has 0 saturated carbocycles. The van der Waals surface area contributed by atoms with Gasteiger partial charge in [-0.15, -0.1) is 6.58 Å². The molecule has 76 valence electrons. The number of rotatable bonds is 5. The maximum Gasteiger partial charge on any atom is 0.240 e. The minimum absolute atomic E-state index is 0.0115. The Morgan fingerprint density at radius 1 is 1.62 bits per heavy atom. The molecule has 0 fully saturated rings. The van der Waals surface area contributed by atoms with Crippen molar-refractivity contribution in [1.82, 2.24) is 4.90 Å². The van der Waals surface area contributed by atoms with Gasteiger partial charge in [-0.3, -0.25) is 4.79 Å². The van der Waals surface area contributed by atoms with Crippen LogP contribution in [0.3, 0.4) is 0 Å². The zero-order valence-corrected chi connectivity index (χ0v) is 8.79. The molecule has 1 atom stereocenters. The van der Waals surface area contributed by atoms with Crippen LogP contribution >= 0.6 is 0 Å². The van der Waals surface area contributed by atoms with Gasteiger partial charge in [0, 0.05) is 13.1 Å². The monoisotopic (exact) mass is 184 g/mol. The van der Waals surface area contributed by atoms with Gasteiger partial charge in [-0.25, -0.2) is 0 Å². The van der Waals surface area contributed by atoms with Crippen LogP contribution in [0.1, 0.15) is 20.8 Å². The van der Waals surface area contributed by atoms with Gasteiger partial charge in [0.1, 0.15) is 0 Å². The lowest BCUT2D eigenvalue weighted by atomic mass is 10.0. The smallest absolute Gasteiger partial charge is 0.240 e. The standard InChI is InChI=1S/C10H20N2O/c1-5-7-12(6-2)10(13)9(11)8(3)4/h5,8-9H,1,6-7,11H2,2-4H3/t9-/m1/s1. The fraction of sp³-hybridized carbons (Fsp3) is 0.700. The Labute approximate surface area is 80.6 Å². The van der Waals surface area contributed by atoms with Crippen LogP contribution in [0.25, 0.3) is 0 Å². The van der Waals surface area contributed by atoms with E-state index in [2.05, 4.69) is 6.58 Å². The second-order valence-corrected chi connectivity index (χ2v) is 3.44. The van der Waals surface area contributed by atoms with Gasteiger partial charge in [0.25, 0.3) is 0 Å². The van der Waals surface area contributed by atoms with Crippen LogP contribution in [0.5, 0.6) is 0 Å². The third kappa shape index (κ3) is 3.59. The molecule has 3 nitrogen and oxygen atoms in total. The molecule has 0 saturated heterocycles. The minimum atomic E-state index is -0.389. The highest BCUT2D eigenvalue weighted by atomic mass is 16.2. The molecule has 0 unspecified atom stereocenters. The number of hydrogen-bond acceptors (Lipinski definition) is 2. The Bertz CT molecular complexity index is 178. The molecule has 0 radical (unpaired) electrons. The van der Waals surface area contributed by atoms with Crippen LogP contribution in [0.15, 0.2) is 12.7 Å². The molecule has 0 aliphatic rings. The first kappa shape index (κ1) is 12.2. The highest BCUT2D eigenvalue weighted by Gasteiger charge is 2.21. The maximum atomic E-state index is 11.7. The fourth-order valence-electron chi connectivity index (χ4n) is 1.03. The summed E-state index contributed by atoms with van der Waals surface area (Å²) in [5, 5.41) is 0. The summed E-state index contributed by atoms with van der Waals surface area (Å²) in [4.78, 5) is 13.4. The van der Waals surface area contributed by atoms with Crippen molar-refractivity contribution in [3.8, 4) is 0 Å². The molecule has 0 bridgehead atoms. The molecule has 3 heteroatoms. The quantitative estimate of drug-likeness (QED) is 0.648. The summed E-state index contributed by atoms with van der Waals surface area (Å²) in [6, 6.07) is -0.389. The Hall–Kier alpha value is -0.830. The average Bonchev–Trinajstić information content (AvgIpc) is 2.11. The van der Waals surface area contributed by atoms with E-state index in [1.807, 2.05) is 20.8 Å². The predicted octanol–water partition coefficient (Wildman–Crippen LogP) is 1.00. The molecule has 1 amide bonds. The zero-order chi connectivity index (χ0) is 10.4. The second-order valence-electron chi connectivity index (χ2n) is 3.44. The summed E-state index contributed by atoms with van der Waals surface area (Å²) in [5.41, 5.74) is 5.74. The van der Waals surface area contributed by atoms with E-state index in [-0.39, 0.29) is 17.9 Å². The number of nitrogens with zero attached hydrogens (tertiary/aromatic N) is 1. The number of hydrogen-bond donors (Lipinski definition) is 1. The summed E-state index contributed by atoms with van der Waals surface area (Å²) in [5.74, 6) is 0.198. The molecular weight excluding hydrogens is 164 g/mol. The molecule has 0 aromatic rings. The van der Waals surface area contributed by atoms with Crippen molar-refractivity contribution < 1.29 is 4.79 Å². The van der Waals surface area contributed by atoms with Crippen molar-refractivity contribution in [1.29, 1.82) is 0 Å². The van der Waals surface area contributed by atoms with Gasteiger partial charge in [0.2, 0.25) is 5.91 Å². The van der Waals surface area contributed by atoms with Gasteiger partial charge in [-0.1, -0.05) is 19.9 Å². The molecule has 0 rings (SSSR count). The van der Waals surface area contributed by atoms with Crippen LogP contribution in [-0.4, -0.2) is 29.9 Å². The average molecular weight is 184 g/mol. The summed E-state index contributed by atoms with van der Waals surface area (Å²) in [7, 11) is 0. The zero-order valence-electron chi connectivity index (χ0n) is 8.79. The van der Waals surface area contributed by atoms with E-state index in [0.29, 0.717) is 13.1 Å². The van der Waals surface area contributed by atoms with E-state index in [1.165, 1.54) is 0 Å². The van der Waals surface area contributed by atoms with Gasteiger partial charge in [0.15, 0.2) is 0 Å². The summed E-state index contributed by atoms with van der Waals surface area (Å²) in [6.07, 6.45) is 1.72. The van der Waals surface area contributed by atoms with E-state index in [9.17, 15) is 4.79 Å². The number of amides is 1. The summed E-state index contributed by atoms with van der Waals surface area (Å²) in [6.45, 7) is 10.7. The molecule has 0 aromatic heterocycles. The molecular formula is C10H20N2O. The van der Waals surface area contributed by atoms with Gasteiger partial charge in [0.05, 0.1) is 6.04 Å². The first-order valence-electron chi connectivity index (χ1n) is 4.69. The lowest BCUT2D eigenvalue weighted by Crippen LogP contribution is -2.46. The minimum Gasteiger partial charge on any atom is -0.338 e. The Kier molecular flexibility index (Phi) is 5.39. The van der Waals surface area contributed by atoms with Crippen molar-refractivity contribution in [2.75, 3.05) is 13.1 Å². The maximum absolute atomic E-state index is 11.7. The van der Waals surface area contributed by atoms with Crippen molar-refractivity contribution >= 4 is 5.91 Å². The predicted molar refractivity (Wildman–Crippen MR) is 55.3 cm³/mol. The van der Waals surface area contributed by atoms with Crippen molar-refractivity contribution in [2.45, 2.75) is 26.8 Å². The number of nitrogens with two attached hydrogens (primary N) is 1. The van der Waals surface area contributed by atoms with Gasteiger partial charge < -0.3 is 10.6 Å². The van der Waals surface area contributed by atoms with Gasteiger partial charge in [-0.2, -0.15) is 0 Å². The van der Waals surface area contributed by atoms with E-state index in [4.69, 9.17) is 5.73 Å². The molecule has 0 aliphatic heterocycles. The number of carbonyl (C=O) groups excluding carboxylic acids is 1. The van der Waals surface area contributed by atoms with E-state index >= 15 is 0 Å². The third-order valence-electron chi connectivity index (χ3n) is 2.05. The van der Waals surface area contributed by atoms with Crippen molar-refractivity contribution in [3.05, 3.63) is 12.7 Å². The number of likely N-dealkylation sites (N-methyl/N-ethyl adjacent to an activating group) is 1. The fourth-order valence-corrected chi connectivity index (χ4v) is 1.03. The lowest BCUT2D eigenvalue weighted by Gasteiger charge is -2.24.